The molecule has 2 saturated carbocycles. The minimum Gasteiger partial charge on any atom is -0.508 e. The highest BCUT2D eigenvalue weighted by Gasteiger charge is 2.56. The molecule has 2 aliphatic carbocycles. The summed E-state index contributed by atoms with van der Waals surface area (Å²) in [6.07, 6.45) is 16.4. The van der Waals surface area contributed by atoms with Crippen LogP contribution in [-0.2, 0) is 4.74 Å². The molecule has 2 aromatic carbocycles. The van der Waals surface area contributed by atoms with Crippen LogP contribution < -0.4 is 9.64 Å². The topological polar surface area (TPSA) is 83.8 Å². The molecule has 2 aromatic heterocycles. The molecule has 5 fully saturated rings. The number of phenols is 1. The number of anilines is 1. The van der Waals surface area contributed by atoms with Crippen molar-refractivity contribution >= 4 is 39.3 Å². The fourth-order valence-corrected chi connectivity index (χ4v) is 10.9. The Morgan fingerprint density at radius 2 is 1.92 bits per heavy atom. The fraction of sp³-hybridized carbons (Fsp3) is 0.513. The number of hydrogen-bond acceptors (Lipinski definition) is 9. The van der Waals surface area contributed by atoms with Gasteiger partial charge in [-0.05, 0) is 92.0 Å². The molecule has 50 heavy (non-hydrogen) atoms. The Hall–Kier alpha value is -3.72. The third-order valence-electron chi connectivity index (χ3n) is 12.1. The number of nitrogens with zero attached hydrogens (tertiary/aromatic N) is 5. The molecule has 9 rings (SSSR count). The predicted molar refractivity (Wildman–Crippen MR) is 192 cm³/mol. The SMILES string of the molecule is C#Cc1c(F)ccc2cc(O)cc(-c3ncc4c(N5CCCOCC5)nc(OCC56CCCC5N(C5CC7(CSC7)C5)CCC6)nc4c3F)c12. The van der Waals surface area contributed by atoms with E-state index in [9.17, 15) is 9.50 Å². The molecule has 0 amide bonds. The number of thioether (sulfide) groups is 1. The Morgan fingerprint density at radius 3 is 2.74 bits per heavy atom. The quantitative estimate of drug-likeness (QED) is 0.216. The molecular formula is C39H41F2N5O3S. The summed E-state index contributed by atoms with van der Waals surface area (Å²) in [6, 6.07) is 6.89. The summed E-state index contributed by atoms with van der Waals surface area (Å²) in [7, 11) is 0. The molecule has 1 N–H and O–H groups in total. The number of halogens is 2. The van der Waals surface area contributed by atoms with E-state index in [0.29, 0.717) is 72.4 Å². The molecule has 3 aliphatic heterocycles. The molecule has 3 saturated heterocycles. The van der Waals surface area contributed by atoms with E-state index in [1.807, 2.05) is 0 Å². The Balaban J connectivity index is 1.10. The van der Waals surface area contributed by atoms with Crippen molar-refractivity contribution in [3.05, 3.63) is 47.7 Å². The lowest BCUT2D eigenvalue weighted by Crippen LogP contribution is -2.63. The maximum atomic E-state index is 17.0. The first kappa shape index (κ1) is 32.2. The van der Waals surface area contributed by atoms with E-state index in [2.05, 4.69) is 32.5 Å². The van der Waals surface area contributed by atoms with Gasteiger partial charge in [-0.1, -0.05) is 18.4 Å². The first-order chi connectivity index (χ1) is 24.4. The number of phenolic OH excluding ortho intramolecular Hbond substituents is 1. The predicted octanol–water partition coefficient (Wildman–Crippen LogP) is 6.95. The molecule has 2 unspecified atom stereocenters. The number of benzene rings is 2. The first-order valence-electron chi connectivity index (χ1n) is 17.9. The van der Waals surface area contributed by atoms with E-state index in [0.717, 1.165) is 32.2 Å². The van der Waals surface area contributed by atoms with Crippen LogP contribution >= 0.6 is 11.8 Å². The van der Waals surface area contributed by atoms with Crippen molar-refractivity contribution in [2.75, 3.05) is 55.9 Å². The van der Waals surface area contributed by atoms with Crippen LogP contribution in [0.4, 0.5) is 14.6 Å². The van der Waals surface area contributed by atoms with Gasteiger partial charge >= 0.3 is 6.01 Å². The van der Waals surface area contributed by atoms with Gasteiger partial charge in [-0.2, -0.15) is 21.7 Å². The number of pyridine rings is 1. The molecule has 5 heterocycles. The number of fused-ring (bicyclic) bond motifs is 3. The highest BCUT2D eigenvalue weighted by molar-refractivity contribution is 8.00. The van der Waals surface area contributed by atoms with Gasteiger partial charge < -0.3 is 19.5 Å². The number of terminal acetylenes is 1. The third-order valence-corrected chi connectivity index (χ3v) is 13.7. The van der Waals surface area contributed by atoms with Gasteiger partial charge in [0.25, 0.3) is 0 Å². The first-order valence-corrected chi connectivity index (χ1v) is 19.1. The monoisotopic (exact) mass is 697 g/mol. The van der Waals surface area contributed by atoms with Crippen molar-refractivity contribution in [2.24, 2.45) is 10.8 Å². The average molecular weight is 698 g/mol. The molecule has 2 atom stereocenters. The smallest absolute Gasteiger partial charge is 0.319 e. The van der Waals surface area contributed by atoms with Gasteiger partial charge in [-0.15, -0.1) is 6.42 Å². The van der Waals surface area contributed by atoms with Gasteiger partial charge in [-0.25, -0.2) is 8.78 Å². The van der Waals surface area contributed by atoms with Gasteiger partial charge in [-0.3, -0.25) is 9.88 Å². The standard InChI is InChI=1S/C39H41F2N5O3S/c1-2-27-30(40)8-7-24-16-26(47)17-28(32(24)27)34-33(41)35-29(20-42-34)36(45-11-5-14-48-15-13-45)44-37(43-35)49-21-39-9-3-6-31(39)46(12-4-10-39)25-18-38(19-25)22-50-23-38/h1,7-8,16-17,20,25,31,47H,3-6,9-15,18-19,21-23H2. The summed E-state index contributed by atoms with van der Waals surface area (Å²) in [5, 5.41) is 11.8. The molecule has 1 spiro atoms. The molecule has 0 bridgehead atoms. The summed E-state index contributed by atoms with van der Waals surface area (Å²) >= 11 is 2.08. The molecule has 0 radical (unpaired) electrons. The van der Waals surface area contributed by atoms with E-state index in [1.54, 1.807) is 6.20 Å². The van der Waals surface area contributed by atoms with Crippen LogP contribution in [0.5, 0.6) is 11.8 Å². The van der Waals surface area contributed by atoms with Gasteiger partial charge in [0.05, 0.1) is 24.2 Å². The third kappa shape index (κ3) is 5.28. The zero-order valence-electron chi connectivity index (χ0n) is 28.1. The number of aromatic nitrogens is 3. The Bertz CT molecular complexity index is 2020. The molecular weight excluding hydrogens is 657 g/mol. The lowest BCUT2D eigenvalue weighted by molar-refractivity contribution is -0.0712. The zero-order valence-corrected chi connectivity index (χ0v) is 28.9. The van der Waals surface area contributed by atoms with Gasteiger partial charge in [0.2, 0.25) is 0 Å². The van der Waals surface area contributed by atoms with E-state index < -0.39 is 11.6 Å². The van der Waals surface area contributed by atoms with Crippen molar-refractivity contribution in [3.8, 4) is 35.4 Å². The second kappa shape index (κ2) is 12.5. The van der Waals surface area contributed by atoms with E-state index in [-0.39, 0.29) is 39.5 Å². The zero-order chi connectivity index (χ0) is 34.0. The van der Waals surface area contributed by atoms with Crippen LogP contribution in [0.15, 0.2) is 30.5 Å². The van der Waals surface area contributed by atoms with Gasteiger partial charge in [0.15, 0.2) is 5.82 Å². The summed E-state index contributed by atoms with van der Waals surface area (Å²) < 4.78 is 44.2. The highest BCUT2D eigenvalue weighted by Crippen LogP contribution is 2.58. The number of aromatic hydroxyl groups is 1. The van der Waals surface area contributed by atoms with Crippen molar-refractivity contribution in [3.63, 3.8) is 0 Å². The van der Waals surface area contributed by atoms with Crippen LogP contribution in [-0.4, -0.2) is 88.0 Å². The van der Waals surface area contributed by atoms with Crippen LogP contribution in [0.25, 0.3) is 32.9 Å². The van der Waals surface area contributed by atoms with Gasteiger partial charge in [0, 0.05) is 54.3 Å². The van der Waals surface area contributed by atoms with E-state index in [1.165, 1.54) is 61.5 Å². The maximum Gasteiger partial charge on any atom is 0.319 e. The minimum atomic E-state index is -0.713. The minimum absolute atomic E-state index is 0.0163. The number of hydrogen-bond donors (Lipinski definition) is 1. The fourth-order valence-electron chi connectivity index (χ4n) is 9.61. The number of rotatable bonds is 6. The highest BCUT2D eigenvalue weighted by atomic mass is 32.2. The normalized spacial score (nSPS) is 25.2. The Kier molecular flexibility index (Phi) is 8.05. The Morgan fingerprint density at radius 1 is 1.06 bits per heavy atom. The van der Waals surface area contributed by atoms with Crippen LogP contribution in [0.2, 0.25) is 0 Å². The van der Waals surface area contributed by atoms with Crippen molar-refractivity contribution < 1.29 is 23.4 Å². The lowest BCUT2D eigenvalue weighted by atomic mass is 9.64. The summed E-state index contributed by atoms with van der Waals surface area (Å²) in [4.78, 5) is 19.1. The van der Waals surface area contributed by atoms with Crippen molar-refractivity contribution in [2.45, 2.75) is 63.5 Å². The number of piperidine rings is 1. The number of ether oxygens (including phenoxy) is 2. The second-order valence-electron chi connectivity index (χ2n) is 15.1. The van der Waals surface area contributed by atoms with Gasteiger partial charge in [0.1, 0.15) is 28.6 Å². The average Bonchev–Trinajstić information content (AvgIpc) is 3.33. The van der Waals surface area contributed by atoms with E-state index in [4.69, 9.17) is 25.9 Å². The van der Waals surface area contributed by atoms with Crippen molar-refractivity contribution in [1.82, 2.24) is 19.9 Å². The largest absolute Gasteiger partial charge is 0.508 e. The van der Waals surface area contributed by atoms with E-state index >= 15 is 4.39 Å². The second-order valence-corrected chi connectivity index (χ2v) is 16.1. The summed E-state index contributed by atoms with van der Waals surface area (Å²) in [6.45, 7) is 4.06. The summed E-state index contributed by atoms with van der Waals surface area (Å²) in [5.74, 6) is 4.16. The lowest BCUT2D eigenvalue weighted by Gasteiger charge is -2.60. The maximum absolute atomic E-state index is 17.0. The van der Waals surface area contributed by atoms with Crippen LogP contribution in [0, 0.1) is 34.8 Å². The van der Waals surface area contributed by atoms with Crippen LogP contribution in [0.3, 0.4) is 0 Å². The molecule has 260 valence electrons. The van der Waals surface area contributed by atoms with Crippen LogP contribution in [0.1, 0.15) is 56.9 Å². The molecule has 8 nitrogen and oxygen atoms in total. The molecule has 4 aromatic rings. The molecule has 11 heteroatoms. The Labute approximate surface area is 295 Å². The summed E-state index contributed by atoms with van der Waals surface area (Å²) in [5.41, 5.74) is 0.743. The molecule has 5 aliphatic rings. The number of likely N-dealkylation sites (tertiary alicyclic amines) is 1. The van der Waals surface area contributed by atoms with Crippen molar-refractivity contribution in [1.29, 1.82) is 0 Å².